The van der Waals surface area contributed by atoms with Crippen LogP contribution in [0.5, 0.6) is 6.01 Å². The molecule has 0 spiro atoms. The maximum atomic E-state index is 11.9. The summed E-state index contributed by atoms with van der Waals surface area (Å²) in [7, 11) is -8.87. The van der Waals surface area contributed by atoms with Crippen molar-refractivity contribution in [2.24, 2.45) is 0 Å². The minimum atomic E-state index is -5.05. The third-order valence-corrected chi connectivity index (χ3v) is 5.78. The molecule has 20 heteroatoms. The molecule has 3 rings (SSSR count). The number of benzene rings is 1. The van der Waals surface area contributed by atoms with Crippen LogP contribution in [0.25, 0.3) is 0 Å². The van der Waals surface area contributed by atoms with Gasteiger partial charge in [-0.1, -0.05) is 0 Å². The maximum absolute atomic E-state index is 11.9. The molecule has 0 aliphatic rings. The molecule has 0 saturated heterocycles. The van der Waals surface area contributed by atoms with Crippen LogP contribution < -0.4 is 15.4 Å². The molecule has 33 heavy (non-hydrogen) atoms. The van der Waals surface area contributed by atoms with Gasteiger partial charge in [0, 0.05) is 0 Å². The van der Waals surface area contributed by atoms with E-state index in [2.05, 4.69) is 40.5 Å². The summed E-state index contributed by atoms with van der Waals surface area (Å²) >= 11 is 17.1. The Morgan fingerprint density at radius 3 is 1.58 bits per heavy atom. The van der Waals surface area contributed by atoms with Gasteiger partial charge in [0.2, 0.25) is 27.7 Å². The molecule has 0 atom stereocenters. The summed E-state index contributed by atoms with van der Waals surface area (Å²) < 4.78 is 71.7. The van der Waals surface area contributed by atoms with E-state index in [1.54, 1.807) is 0 Å². The zero-order valence-corrected chi connectivity index (χ0v) is 19.6. The van der Waals surface area contributed by atoms with Crippen LogP contribution in [0.4, 0.5) is 23.3 Å². The van der Waals surface area contributed by atoms with E-state index in [0.717, 1.165) is 6.07 Å². The Balaban J connectivity index is 2.23. The van der Waals surface area contributed by atoms with E-state index in [-0.39, 0.29) is 33.8 Å². The molecule has 0 bridgehead atoms. The number of halogens is 3. The van der Waals surface area contributed by atoms with Crippen LogP contribution in [0.3, 0.4) is 0 Å². The molecule has 2 heterocycles. The Morgan fingerprint density at radius 2 is 1.15 bits per heavy atom. The largest absolute Gasteiger partial charge is 0.467 e. The van der Waals surface area contributed by atoms with Gasteiger partial charge in [-0.05, 0) is 46.9 Å². The third kappa shape index (κ3) is 6.22. The molecule has 0 fully saturated rings. The predicted octanol–water partition coefficient (Wildman–Crippen LogP) is 2.01. The fraction of sp³-hybridized carbons (Fsp3) is 0.0769. The number of anilines is 4. The molecule has 0 radical (unpaired) electrons. The van der Waals surface area contributed by atoms with Gasteiger partial charge in [0.25, 0.3) is 20.2 Å². The monoisotopic (exact) mass is 558 g/mol. The van der Waals surface area contributed by atoms with E-state index in [9.17, 15) is 25.9 Å². The van der Waals surface area contributed by atoms with Crippen molar-refractivity contribution in [2.75, 3.05) is 17.7 Å². The second-order valence-corrected chi connectivity index (χ2v) is 9.45. The molecule has 4 N–H and O–H groups in total. The lowest BCUT2D eigenvalue weighted by molar-refractivity contribution is 0.379. The number of nitrogens with one attached hydrogen (secondary N) is 2. The first-order valence-corrected chi connectivity index (χ1v) is 12.0. The molecule has 2 aromatic heterocycles. The summed E-state index contributed by atoms with van der Waals surface area (Å²) in [5.74, 6) is -0.700. The molecule has 15 nitrogen and oxygen atoms in total. The van der Waals surface area contributed by atoms with Gasteiger partial charge >= 0.3 is 6.01 Å². The molecule has 176 valence electrons. The van der Waals surface area contributed by atoms with Gasteiger partial charge in [-0.2, -0.15) is 46.7 Å². The van der Waals surface area contributed by atoms with E-state index in [1.807, 2.05) is 0 Å². The molecule has 3 aromatic rings. The lowest BCUT2D eigenvalue weighted by Gasteiger charge is -2.15. The molecule has 0 aliphatic heterocycles. The Morgan fingerprint density at radius 1 is 0.727 bits per heavy atom. The summed E-state index contributed by atoms with van der Waals surface area (Å²) in [5.41, 5.74) is -0.916. The molecule has 0 saturated carbocycles. The average molecular weight is 560 g/mol. The summed E-state index contributed by atoms with van der Waals surface area (Å²) in [4.78, 5) is 20.1. The van der Waals surface area contributed by atoms with E-state index in [1.165, 1.54) is 7.11 Å². The molecule has 0 aliphatic carbocycles. The van der Waals surface area contributed by atoms with Crippen LogP contribution in [-0.2, 0) is 20.2 Å². The van der Waals surface area contributed by atoms with Crippen molar-refractivity contribution in [1.82, 2.24) is 29.9 Å². The van der Waals surface area contributed by atoms with Crippen molar-refractivity contribution in [3.05, 3.63) is 28.0 Å². The highest BCUT2D eigenvalue weighted by Gasteiger charge is 2.26. The summed E-state index contributed by atoms with van der Waals surface area (Å²) in [6.45, 7) is 0. The standard InChI is InChI=1S/C13H9Cl3N8O7S2/c1-31-13-23-10(16)22-12(24-13)18-5-2-4(17-11-20-8(14)19-9(15)21-11)6(32(25,26)27)3-7(5)33(28,29)30/h2-3H,1H3,(H,25,26,27)(H,28,29,30)(H,17,19,20,21)(H,18,22,23,24). The van der Waals surface area contributed by atoms with Gasteiger partial charge in [-0.15, -0.1) is 0 Å². The molecular weight excluding hydrogens is 551 g/mol. The molecule has 0 unspecified atom stereocenters. The Hall–Kier alpha value is -2.67. The van der Waals surface area contributed by atoms with Crippen LogP contribution in [0.1, 0.15) is 0 Å². The first-order valence-electron chi connectivity index (χ1n) is 7.96. The zero-order chi connectivity index (χ0) is 24.6. The third-order valence-electron chi connectivity index (χ3n) is 3.48. The van der Waals surface area contributed by atoms with Crippen molar-refractivity contribution < 1.29 is 30.7 Å². The topological polar surface area (TPSA) is 219 Å². The van der Waals surface area contributed by atoms with Crippen molar-refractivity contribution >= 4 is 78.3 Å². The Bertz CT molecular complexity index is 1440. The number of nitrogens with zero attached hydrogens (tertiary/aromatic N) is 6. The highest BCUT2D eigenvalue weighted by Crippen LogP contribution is 2.34. The molecule has 1 aromatic carbocycles. The van der Waals surface area contributed by atoms with E-state index in [4.69, 9.17) is 39.5 Å². The SMILES string of the molecule is COc1nc(Cl)nc(Nc2cc(Nc3nc(Cl)nc(Cl)n3)c(S(=O)(=O)O)cc2S(=O)(=O)O)n1. The average Bonchev–Trinajstić information content (AvgIpc) is 2.64. The van der Waals surface area contributed by atoms with Crippen molar-refractivity contribution in [3.8, 4) is 6.01 Å². The minimum Gasteiger partial charge on any atom is -0.467 e. The van der Waals surface area contributed by atoms with Gasteiger partial charge in [0.15, 0.2) is 0 Å². The zero-order valence-electron chi connectivity index (χ0n) is 15.7. The van der Waals surface area contributed by atoms with Crippen LogP contribution in [0.15, 0.2) is 21.9 Å². The second kappa shape index (κ2) is 9.29. The number of aromatic nitrogens is 6. The van der Waals surface area contributed by atoms with E-state index < -0.39 is 41.4 Å². The first-order chi connectivity index (χ1) is 15.3. The van der Waals surface area contributed by atoms with Crippen molar-refractivity contribution in [2.45, 2.75) is 9.79 Å². The van der Waals surface area contributed by atoms with Gasteiger partial charge in [0.05, 0.1) is 18.5 Å². The highest BCUT2D eigenvalue weighted by atomic mass is 35.5. The van der Waals surface area contributed by atoms with Crippen molar-refractivity contribution in [1.29, 1.82) is 0 Å². The Labute approximate surface area is 200 Å². The van der Waals surface area contributed by atoms with Gasteiger partial charge < -0.3 is 15.4 Å². The normalized spacial score (nSPS) is 11.8. The van der Waals surface area contributed by atoms with Crippen LogP contribution in [0.2, 0.25) is 15.9 Å². The summed E-state index contributed by atoms with van der Waals surface area (Å²) in [6.07, 6.45) is 0. The fourth-order valence-corrected chi connectivity index (χ4v) is 4.18. The summed E-state index contributed by atoms with van der Waals surface area (Å²) in [6, 6.07) is 1.08. The van der Waals surface area contributed by atoms with Crippen molar-refractivity contribution in [3.63, 3.8) is 0 Å². The quantitative estimate of drug-likeness (QED) is 0.304. The predicted molar refractivity (Wildman–Crippen MR) is 114 cm³/mol. The fourth-order valence-electron chi connectivity index (χ4n) is 2.29. The van der Waals surface area contributed by atoms with Gasteiger partial charge in [-0.25, -0.2) is 0 Å². The first kappa shape index (κ1) is 25.0. The maximum Gasteiger partial charge on any atom is 0.322 e. The highest BCUT2D eigenvalue weighted by molar-refractivity contribution is 7.86. The van der Waals surface area contributed by atoms with Gasteiger partial charge in [0.1, 0.15) is 9.79 Å². The lowest BCUT2D eigenvalue weighted by Crippen LogP contribution is -2.11. The number of methoxy groups -OCH3 is 1. The van der Waals surface area contributed by atoms with Crippen LogP contribution in [-0.4, -0.2) is 63.0 Å². The second-order valence-electron chi connectivity index (χ2n) is 5.66. The van der Waals surface area contributed by atoms with Gasteiger partial charge in [-0.3, -0.25) is 9.11 Å². The van der Waals surface area contributed by atoms with Crippen LogP contribution in [0, 0.1) is 0 Å². The number of ether oxygens (including phenoxy) is 1. The smallest absolute Gasteiger partial charge is 0.322 e. The summed E-state index contributed by atoms with van der Waals surface area (Å²) in [5, 5.41) is 3.80. The number of hydrogen-bond donors (Lipinski definition) is 4. The number of rotatable bonds is 7. The number of hydrogen-bond acceptors (Lipinski definition) is 13. The molecule has 0 amide bonds. The lowest BCUT2D eigenvalue weighted by atomic mass is 10.2. The van der Waals surface area contributed by atoms with E-state index in [0.29, 0.717) is 6.07 Å². The Kier molecular flexibility index (Phi) is 7.03. The van der Waals surface area contributed by atoms with Crippen LogP contribution >= 0.6 is 34.8 Å². The van der Waals surface area contributed by atoms with E-state index >= 15 is 0 Å². The molecular formula is C13H9Cl3N8O7S2. The minimum absolute atomic E-state index is 0.242.